The van der Waals surface area contributed by atoms with Crippen LogP contribution in [0.25, 0.3) is 105 Å². The number of allylic oxidation sites excluding steroid dienone is 2. The summed E-state index contributed by atoms with van der Waals surface area (Å²) in [6.45, 7) is 0. The maximum Gasteiger partial charge on any atom is 0.234 e. The van der Waals surface area contributed by atoms with Crippen molar-refractivity contribution in [2.45, 2.75) is 12.0 Å². The topological polar surface area (TPSA) is 46.8 Å². The molecule has 318 valence electrons. The van der Waals surface area contributed by atoms with Crippen LogP contribution in [0.3, 0.4) is 0 Å². The van der Waals surface area contributed by atoms with Gasteiger partial charge in [-0.2, -0.15) is 9.97 Å². The first-order valence-electron chi connectivity index (χ1n) is 23.4. The highest BCUT2D eigenvalue weighted by Crippen LogP contribution is 2.52. The monoisotopic (exact) mass is 867 g/mol. The first-order chi connectivity index (χ1) is 33.7. The van der Waals surface area contributed by atoms with Gasteiger partial charge in [-0.05, 0) is 90.5 Å². The summed E-state index contributed by atoms with van der Waals surface area (Å²) in [6.07, 6.45) is 8.99. The van der Waals surface area contributed by atoms with Gasteiger partial charge in [0, 0.05) is 33.5 Å². The third-order valence-corrected chi connectivity index (χ3v) is 14.1. The summed E-state index contributed by atoms with van der Waals surface area (Å²) in [6, 6.07) is 76.2. The van der Waals surface area contributed by atoms with E-state index in [9.17, 15) is 0 Å². The Morgan fingerprint density at radius 2 is 0.868 bits per heavy atom. The number of benzene rings is 10. The maximum absolute atomic E-state index is 5.58. The van der Waals surface area contributed by atoms with Gasteiger partial charge < -0.3 is 9.47 Å². The van der Waals surface area contributed by atoms with Crippen LogP contribution in [0.4, 0.5) is 11.6 Å². The molecule has 14 rings (SSSR count). The molecule has 0 saturated heterocycles. The Morgan fingerprint density at radius 3 is 1.57 bits per heavy atom. The summed E-state index contributed by atoms with van der Waals surface area (Å²) in [4.78, 5) is 18.9. The molecule has 0 amide bonds. The number of anilines is 2. The number of para-hydroxylation sites is 1. The maximum atomic E-state index is 5.58. The molecular weight excluding hydrogens is 827 g/mol. The van der Waals surface area contributed by atoms with Gasteiger partial charge in [0.25, 0.3) is 0 Å². The van der Waals surface area contributed by atoms with Gasteiger partial charge >= 0.3 is 0 Å². The van der Waals surface area contributed by atoms with Crippen LogP contribution in [0, 0.1) is 0 Å². The number of aromatic nitrogens is 4. The lowest BCUT2D eigenvalue weighted by atomic mass is 9.91. The van der Waals surface area contributed by atoms with Gasteiger partial charge in [0.1, 0.15) is 0 Å². The number of hydrogen-bond acceptors (Lipinski definition) is 4. The fraction of sp³-hybridized carbons (Fsp3) is 0.0317. The van der Waals surface area contributed by atoms with Gasteiger partial charge in [0.05, 0.1) is 22.8 Å². The van der Waals surface area contributed by atoms with E-state index in [4.69, 9.17) is 15.0 Å². The fourth-order valence-corrected chi connectivity index (χ4v) is 11.0. The Labute approximate surface area is 393 Å². The molecular formula is C63H41N5. The van der Waals surface area contributed by atoms with E-state index in [0.717, 1.165) is 44.7 Å². The van der Waals surface area contributed by atoms with Crippen LogP contribution < -0.4 is 4.90 Å². The number of fused-ring (bicyclic) bond motifs is 13. The fourth-order valence-electron chi connectivity index (χ4n) is 11.0. The van der Waals surface area contributed by atoms with E-state index in [1.165, 1.54) is 59.8 Å². The van der Waals surface area contributed by atoms with E-state index in [1.54, 1.807) is 0 Å². The predicted molar refractivity (Wildman–Crippen MR) is 282 cm³/mol. The van der Waals surface area contributed by atoms with Crippen LogP contribution >= 0.6 is 0 Å². The van der Waals surface area contributed by atoms with Crippen molar-refractivity contribution in [3.05, 3.63) is 242 Å². The SMILES string of the molecule is C1=CC2c3ccc4c5ccccc5n(-c5ccc(-c6ccccc6)cc5)c4c3N(c3nc(-c4cccc(-c5ccccc5)c4)nc(-c4ccc5c6ccccc6c6ccccc6c5c4)n3)C2C=C1. The standard InChI is InChI=1S/C63H41N5/c1-3-16-40(17-4-1)42-30-33-46(34-31-42)67-57-28-13-11-26-52(57)54-36-37-55-53-27-12-14-29-58(53)68(60(55)59(54)67)63-65-61(44-21-15-20-43(38-44)41-18-5-2-6-19-41)64-62(66-63)45-32-35-51-49-24-8-7-22-47(49)48-23-9-10-25-50(48)56(51)39-45/h1-39,53,58H. The Bertz CT molecular complexity index is 4000. The Hall–Kier alpha value is -8.93. The van der Waals surface area contributed by atoms with Crippen LogP contribution in [0.1, 0.15) is 11.5 Å². The van der Waals surface area contributed by atoms with Crippen molar-refractivity contribution in [3.63, 3.8) is 0 Å². The van der Waals surface area contributed by atoms with Crippen molar-refractivity contribution in [3.8, 4) is 50.7 Å². The summed E-state index contributed by atoms with van der Waals surface area (Å²) >= 11 is 0. The van der Waals surface area contributed by atoms with Crippen molar-refractivity contribution >= 4 is 65.8 Å². The minimum atomic E-state index is -0.0711. The largest absolute Gasteiger partial charge is 0.307 e. The molecule has 0 radical (unpaired) electrons. The van der Waals surface area contributed by atoms with Gasteiger partial charge in [-0.15, -0.1) is 0 Å². The third kappa shape index (κ3) is 5.99. The van der Waals surface area contributed by atoms with Gasteiger partial charge in [-0.1, -0.05) is 206 Å². The van der Waals surface area contributed by atoms with Crippen molar-refractivity contribution in [1.29, 1.82) is 0 Å². The van der Waals surface area contributed by atoms with Gasteiger partial charge in [-0.3, -0.25) is 0 Å². The Morgan fingerprint density at radius 1 is 0.353 bits per heavy atom. The normalized spacial score (nSPS) is 15.2. The van der Waals surface area contributed by atoms with E-state index >= 15 is 0 Å². The van der Waals surface area contributed by atoms with Crippen LogP contribution in [0.2, 0.25) is 0 Å². The van der Waals surface area contributed by atoms with Crippen molar-refractivity contribution in [2.24, 2.45) is 0 Å². The first-order valence-corrected chi connectivity index (χ1v) is 23.4. The second-order valence-electron chi connectivity index (χ2n) is 17.9. The second kappa shape index (κ2) is 15.3. The lowest BCUT2D eigenvalue weighted by Crippen LogP contribution is -2.30. The van der Waals surface area contributed by atoms with Crippen LogP contribution in [0.15, 0.2) is 237 Å². The predicted octanol–water partition coefficient (Wildman–Crippen LogP) is 15.8. The summed E-state index contributed by atoms with van der Waals surface area (Å²) in [7, 11) is 0. The quantitative estimate of drug-likeness (QED) is 0.156. The minimum absolute atomic E-state index is 0.0711. The van der Waals surface area contributed by atoms with Gasteiger partial charge in [0.2, 0.25) is 5.95 Å². The lowest BCUT2D eigenvalue weighted by Gasteiger charge is -2.28. The zero-order valence-electron chi connectivity index (χ0n) is 36.9. The lowest BCUT2D eigenvalue weighted by molar-refractivity contribution is 0.728. The van der Waals surface area contributed by atoms with E-state index in [2.05, 4.69) is 246 Å². The van der Waals surface area contributed by atoms with E-state index in [0.29, 0.717) is 17.6 Å². The Balaban J connectivity index is 1.03. The molecule has 1 aliphatic carbocycles. The van der Waals surface area contributed by atoms with E-state index < -0.39 is 0 Å². The molecule has 5 heteroatoms. The average molecular weight is 868 g/mol. The molecule has 3 heterocycles. The van der Waals surface area contributed by atoms with Crippen LogP contribution in [-0.2, 0) is 0 Å². The van der Waals surface area contributed by atoms with Crippen molar-refractivity contribution < 1.29 is 0 Å². The van der Waals surface area contributed by atoms with Gasteiger partial charge in [-0.25, -0.2) is 4.98 Å². The first kappa shape index (κ1) is 38.3. The zero-order chi connectivity index (χ0) is 44.7. The molecule has 2 unspecified atom stereocenters. The number of nitrogens with zero attached hydrogens (tertiary/aromatic N) is 5. The molecule has 12 aromatic rings. The zero-order valence-corrected chi connectivity index (χ0v) is 36.9. The molecule has 10 aromatic carbocycles. The molecule has 1 aliphatic heterocycles. The van der Waals surface area contributed by atoms with Crippen molar-refractivity contribution in [2.75, 3.05) is 4.90 Å². The number of hydrogen-bond donors (Lipinski definition) is 0. The van der Waals surface area contributed by atoms with Crippen molar-refractivity contribution in [1.82, 2.24) is 19.5 Å². The highest BCUT2D eigenvalue weighted by atomic mass is 15.3. The van der Waals surface area contributed by atoms with Crippen LogP contribution in [-0.4, -0.2) is 25.6 Å². The minimum Gasteiger partial charge on any atom is -0.307 e. The Kier molecular flexibility index (Phi) is 8.65. The molecule has 0 N–H and O–H groups in total. The molecule has 2 atom stereocenters. The average Bonchev–Trinajstić information content (AvgIpc) is 3.94. The molecule has 68 heavy (non-hydrogen) atoms. The van der Waals surface area contributed by atoms with Gasteiger partial charge in [0.15, 0.2) is 11.6 Å². The molecule has 2 aliphatic rings. The van der Waals surface area contributed by atoms with E-state index in [-0.39, 0.29) is 12.0 Å². The molecule has 0 bridgehead atoms. The summed E-state index contributed by atoms with van der Waals surface area (Å²) in [5, 5.41) is 9.67. The summed E-state index contributed by atoms with van der Waals surface area (Å²) in [5.74, 6) is 1.93. The van der Waals surface area contributed by atoms with Crippen LogP contribution in [0.5, 0.6) is 0 Å². The highest BCUT2D eigenvalue weighted by Gasteiger charge is 2.41. The third-order valence-electron chi connectivity index (χ3n) is 14.1. The molecule has 0 spiro atoms. The molecule has 0 fully saturated rings. The molecule has 0 saturated carbocycles. The van der Waals surface area contributed by atoms with E-state index in [1.807, 2.05) is 0 Å². The number of rotatable bonds is 6. The molecule has 5 nitrogen and oxygen atoms in total. The highest BCUT2D eigenvalue weighted by molar-refractivity contribution is 6.25. The summed E-state index contributed by atoms with van der Waals surface area (Å²) < 4.78 is 2.45. The second-order valence-corrected chi connectivity index (χ2v) is 17.9. The molecule has 2 aromatic heterocycles. The summed E-state index contributed by atoms with van der Waals surface area (Å²) in [5.41, 5.74) is 12.2. The smallest absolute Gasteiger partial charge is 0.234 e.